The molecule has 14 heavy (non-hydrogen) atoms. The molecule has 0 aromatic carbocycles. The fourth-order valence-corrected chi connectivity index (χ4v) is 2.02. The maximum atomic E-state index is 5.99. The van der Waals surface area contributed by atoms with Gasteiger partial charge in [-0.2, -0.15) is 0 Å². The molecule has 0 bridgehead atoms. The Morgan fingerprint density at radius 3 is 2.64 bits per heavy atom. The van der Waals surface area contributed by atoms with Gasteiger partial charge in [0.2, 0.25) is 0 Å². The molecule has 0 spiro atoms. The highest BCUT2D eigenvalue weighted by Gasteiger charge is 2.24. The van der Waals surface area contributed by atoms with Crippen LogP contribution in [0.25, 0.3) is 0 Å². The van der Waals surface area contributed by atoms with Crippen molar-refractivity contribution in [3.05, 3.63) is 23.7 Å². The highest BCUT2D eigenvalue weighted by Crippen LogP contribution is 2.18. The zero-order valence-corrected chi connectivity index (χ0v) is 8.59. The van der Waals surface area contributed by atoms with Crippen molar-refractivity contribution >= 4 is 0 Å². The second-order valence-electron chi connectivity index (χ2n) is 4.28. The molecule has 1 unspecified atom stereocenters. The van der Waals surface area contributed by atoms with Crippen LogP contribution in [-0.4, -0.2) is 23.7 Å². The first-order chi connectivity index (χ1) is 6.57. The second kappa shape index (κ2) is 3.20. The van der Waals surface area contributed by atoms with Crippen molar-refractivity contribution in [1.29, 1.82) is 0 Å². The molecule has 0 aromatic rings. The first-order valence-electron chi connectivity index (χ1n) is 5.09. The third kappa shape index (κ3) is 1.85. The molecule has 78 valence electrons. The summed E-state index contributed by atoms with van der Waals surface area (Å²) >= 11 is 0. The van der Waals surface area contributed by atoms with E-state index in [-0.39, 0.29) is 0 Å². The van der Waals surface area contributed by atoms with Gasteiger partial charge in [-0.3, -0.25) is 0 Å². The van der Waals surface area contributed by atoms with E-state index in [0.717, 1.165) is 24.6 Å². The zero-order chi connectivity index (χ0) is 10.2. The number of hydrogen-bond acceptors (Lipinski definition) is 4. The van der Waals surface area contributed by atoms with Gasteiger partial charge in [-0.05, 0) is 25.8 Å². The van der Waals surface area contributed by atoms with Gasteiger partial charge in [-0.15, -0.1) is 0 Å². The zero-order valence-electron chi connectivity index (χ0n) is 8.59. The molecular weight excluding hydrogens is 176 g/mol. The van der Waals surface area contributed by atoms with Crippen LogP contribution in [-0.2, 0) is 0 Å². The summed E-state index contributed by atoms with van der Waals surface area (Å²) in [6.07, 6.45) is 6.31. The average Bonchev–Trinajstić information content (AvgIpc) is 2.51. The Balaban J connectivity index is 2.16. The predicted molar refractivity (Wildman–Crippen MR) is 56.9 cm³/mol. The largest absolute Gasteiger partial charge is 0.399 e. The third-order valence-electron chi connectivity index (χ3n) is 2.61. The van der Waals surface area contributed by atoms with E-state index in [1.807, 2.05) is 19.1 Å². The Bertz CT molecular complexity index is 284. The minimum absolute atomic E-state index is 0.517. The molecule has 2 rings (SSSR count). The SMILES string of the molecule is CC1(N)C=C(N)C=C(N2CCCC2)N1. The fraction of sp³-hybridized carbons (Fsp3) is 0.600. The van der Waals surface area contributed by atoms with E-state index >= 15 is 0 Å². The van der Waals surface area contributed by atoms with Crippen LogP contribution in [0.15, 0.2) is 23.7 Å². The van der Waals surface area contributed by atoms with Crippen molar-refractivity contribution in [3.63, 3.8) is 0 Å². The van der Waals surface area contributed by atoms with Gasteiger partial charge in [0.25, 0.3) is 0 Å². The molecular formula is C10H18N4. The molecule has 1 fully saturated rings. The van der Waals surface area contributed by atoms with Gasteiger partial charge in [-0.25, -0.2) is 0 Å². The summed E-state index contributed by atoms with van der Waals surface area (Å²) in [4.78, 5) is 2.30. The van der Waals surface area contributed by atoms with E-state index in [1.165, 1.54) is 12.8 Å². The summed E-state index contributed by atoms with van der Waals surface area (Å²) in [7, 11) is 0. The summed E-state index contributed by atoms with van der Waals surface area (Å²) in [5, 5.41) is 3.27. The monoisotopic (exact) mass is 194 g/mol. The standard InChI is InChI=1S/C10H18N4/c1-10(12)7-8(11)6-9(13-10)14-4-2-3-5-14/h6-7,13H,2-5,11-12H2,1H3. The Morgan fingerprint density at radius 2 is 2.07 bits per heavy atom. The number of hydrogen-bond donors (Lipinski definition) is 3. The third-order valence-corrected chi connectivity index (χ3v) is 2.61. The van der Waals surface area contributed by atoms with E-state index < -0.39 is 5.66 Å². The van der Waals surface area contributed by atoms with Crippen molar-refractivity contribution in [2.24, 2.45) is 11.5 Å². The molecule has 4 heteroatoms. The average molecular weight is 194 g/mol. The molecule has 2 aliphatic heterocycles. The van der Waals surface area contributed by atoms with E-state index in [4.69, 9.17) is 11.5 Å². The quantitative estimate of drug-likeness (QED) is 0.551. The van der Waals surface area contributed by atoms with Crippen molar-refractivity contribution in [1.82, 2.24) is 10.2 Å². The molecule has 0 radical (unpaired) electrons. The summed E-state index contributed by atoms with van der Waals surface area (Å²) in [5.41, 5.74) is 12.0. The predicted octanol–water partition coefficient (Wildman–Crippen LogP) is 0.0443. The first-order valence-corrected chi connectivity index (χ1v) is 5.09. The molecule has 0 saturated carbocycles. The molecule has 0 aromatic heterocycles. The molecule has 2 heterocycles. The van der Waals surface area contributed by atoms with Crippen LogP contribution in [0.2, 0.25) is 0 Å². The number of rotatable bonds is 1. The van der Waals surface area contributed by atoms with Gasteiger partial charge in [0.1, 0.15) is 11.5 Å². The number of nitrogens with two attached hydrogens (primary N) is 2. The lowest BCUT2D eigenvalue weighted by Crippen LogP contribution is -2.53. The van der Waals surface area contributed by atoms with Gasteiger partial charge in [0.15, 0.2) is 0 Å². The van der Waals surface area contributed by atoms with Crippen LogP contribution >= 0.6 is 0 Å². The van der Waals surface area contributed by atoms with Crippen molar-refractivity contribution in [3.8, 4) is 0 Å². The maximum absolute atomic E-state index is 5.99. The summed E-state index contributed by atoms with van der Waals surface area (Å²) in [6.45, 7) is 4.12. The van der Waals surface area contributed by atoms with E-state index in [1.54, 1.807) is 0 Å². The van der Waals surface area contributed by atoms with Gasteiger partial charge in [0, 0.05) is 24.9 Å². The minimum Gasteiger partial charge on any atom is -0.399 e. The van der Waals surface area contributed by atoms with Crippen LogP contribution < -0.4 is 16.8 Å². The van der Waals surface area contributed by atoms with Gasteiger partial charge in [-0.1, -0.05) is 0 Å². The molecule has 2 aliphatic rings. The van der Waals surface area contributed by atoms with Crippen molar-refractivity contribution < 1.29 is 0 Å². The van der Waals surface area contributed by atoms with Gasteiger partial charge >= 0.3 is 0 Å². The fourth-order valence-electron chi connectivity index (χ4n) is 2.02. The van der Waals surface area contributed by atoms with Crippen molar-refractivity contribution in [2.45, 2.75) is 25.4 Å². The number of dihydropyridines is 1. The van der Waals surface area contributed by atoms with Crippen LogP contribution in [0.1, 0.15) is 19.8 Å². The lowest BCUT2D eigenvalue weighted by Gasteiger charge is -2.34. The number of allylic oxidation sites excluding steroid dienone is 1. The smallest absolute Gasteiger partial charge is 0.105 e. The summed E-state index contributed by atoms with van der Waals surface area (Å²) < 4.78 is 0. The molecule has 1 saturated heterocycles. The van der Waals surface area contributed by atoms with Crippen LogP contribution in [0.4, 0.5) is 0 Å². The number of nitrogens with one attached hydrogen (secondary N) is 1. The normalized spacial score (nSPS) is 32.3. The molecule has 1 atom stereocenters. The highest BCUT2D eigenvalue weighted by atomic mass is 15.3. The molecule has 5 N–H and O–H groups in total. The van der Waals surface area contributed by atoms with Crippen LogP contribution in [0, 0.1) is 0 Å². The Hall–Kier alpha value is -1.16. The Kier molecular flexibility index (Phi) is 2.15. The molecule has 4 nitrogen and oxygen atoms in total. The van der Waals surface area contributed by atoms with E-state index in [2.05, 4.69) is 10.2 Å². The lowest BCUT2D eigenvalue weighted by atomic mass is 10.1. The van der Waals surface area contributed by atoms with Crippen LogP contribution in [0.5, 0.6) is 0 Å². The van der Waals surface area contributed by atoms with Gasteiger partial charge in [0.05, 0.1) is 0 Å². The first kappa shape index (κ1) is 9.40. The lowest BCUT2D eigenvalue weighted by molar-refractivity contribution is 0.341. The maximum Gasteiger partial charge on any atom is 0.105 e. The topological polar surface area (TPSA) is 67.3 Å². The van der Waals surface area contributed by atoms with E-state index in [0.29, 0.717) is 0 Å². The number of likely N-dealkylation sites (tertiary alicyclic amines) is 1. The molecule has 0 aliphatic carbocycles. The number of nitrogens with zero attached hydrogens (tertiary/aromatic N) is 1. The Morgan fingerprint density at radius 1 is 1.43 bits per heavy atom. The Labute approximate surface area is 84.6 Å². The van der Waals surface area contributed by atoms with Crippen LogP contribution in [0.3, 0.4) is 0 Å². The summed E-state index contributed by atoms with van der Waals surface area (Å²) in [6, 6.07) is 0. The minimum atomic E-state index is -0.517. The van der Waals surface area contributed by atoms with E-state index in [9.17, 15) is 0 Å². The molecule has 0 amide bonds. The van der Waals surface area contributed by atoms with Crippen molar-refractivity contribution in [2.75, 3.05) is 13.1 Å². The summed E-state index contributed by atoms with van der Waals surface area (Å²) in [5.74, 6) is 1.06. The van der Waals surface area contributed by atoms with Gasteiger partial charge < -0.3 is 21.7 Å². The highest BCUT2D eigenvalue weighted by molar-refractivity contribution is 5.29. The second-order valence-corrected chi connectivity index (χ2v) is 4.28.